The maximum atomic E-state index is 4.02. The van der Waals surface area contributed by atoms with E-state index in [0.717, 1.165) is 14.6 Å². The second-order valence-electron chi connectivity index (χ2n) is 2.78. The average molecular weight is 294 g/mol. The Morgan fingerprint density at radius 2 is 1.75 bits per heavy atom. The predicted molar refractivity (Wildman–Crippen MR) is 58.4 cm³/mol. The molecular formula is C8H10Br2N2. The van der Waals surface area contributed by atoms with Gasteiger partial charge in [-0.15, -0.1) is 0 Å². The molecule has 0 saturated heterocycles. The minimum Gasteiger partial charge on any atom is -0.381 e. The summed E-state index contributed by atoms with van der Waals surface area (Å²) >= 11 is 6.84. The minimum atomic E-state index is 0.417. The highest BCUT2D eigenvalue weighted by atomic mass is 79.9. The van der Waals surface area contributed by atoms with Gasteiger partial charge in [0.2, 0.25) is 0 Å². The molecule has 0 amide bonds. The fraction of sp³-hybridized carbons (Fsp3) is 0.375. The summed E-state index contributed by atoms with van der Waals surface area (Å²) < 4.78 is 1.95. The van der Waals surface area contributed by atoms with E-state index in [0.29, 0.717) is 6.04 Å². The molecule has 0 aliphatic heterocycles. The lowest BCUT2D eigenvalue weighted by Gasteiger charge is -2.12. The minimum absolute atomic E-state index is 0.417. The summed E-state index contributed by atoms with van der Waals surface area (Å²) in [5.74, 6) is 0. The quantitative estimate of drug-likeness (QED) is 0.904. The predicted octanol–water partition coefficient (Wildman–Crippen LogP) is 3.43. The van der Waals surface area contributed by atoms with Gasteiger partial charge in [-0.25, -0.2) is 0 Å². The SMILES string of the molecule is CC(C)Nc1c(Br)cncc1Br. The highest BCUT2D eigenvalue weighted by Gasteiger charge is 2.05. The van der Waals surface area contributed by atoms with Gasteiger partial charge in [-0.1, -0.05) is 0 Å². The summed E-state index contributed by atoms with van der Waals surface area (Å²) in [5, 5.41) is 3.31. The zero-order valence-corrected chi connectivity index (χ0v) is 10.1. The van der Waals surface area contributed by atoms with E-state index < -0.39 is 0 Å². The van der Waals surface area contributed by atoms with Crippen LogP contribution in [0.4, 0.5) is 5.69 Å². The molecule has 0 aliphatic rings. The first-order valence-corrected chi connectivity index (χ1v) is 5.25. The van der Waals surface area contributed by atoms with E-state index in [1.165, 1.54) is 0 Å². The van der Waals surface area contributed by atoms with Crippen molar-refractivity contribution in [2.75, 3.05) is 5.32 Å². The largest absolute Gasteiger partial charge is 0.381 e. The average Bonchev–Trinajstić information content (AvgIpc) is 1.97. The third-order valence-electron chi connectivity index (χ3n) is 1.29. The van der Waals surface area contributed by atoms with E-state index in [1.807, 2.05) is 0 Å². The molecule has 0 atom stereocenters. The summed E-state index contributed by atoms with van der Waals surface area (Å²) in [7, 11) is 0. The van der Waals surface area contributed by atoms with Crippen LogP contribution in [-0.2, 0) is 0 Å². The van der Waals surface area contributed by atoms with Crippen LogP contribution in [0.1, 0.15) is 13.8 Å². The van der Waals surface area contributed by atoms with Crippen LogP contribution in [0, 0.1) is 0 Å². The number of halogens is 2. The lowest BCUT2D eigenvalue weighted by Crippen LogP contribution is -2.10. The van der Waals surface area contributed by atoms with Gasteiger partial charge in [0.1, 0.15) is 0 Å². The maximum absolute atomic E-state index is 4.02. The van der Waals surface area contributed by atoms with Gasteiger partial charge >= 0.3 is 0 Å². The van der Waals surface area contributed by atoms with Crippen molar-refractivity contribution < 1.29 is 0 Å². The normalized spacial score (nSPS) is 10.4. The van der Waals surface area contributed by atoms with Crippen molar-refractivity contribution in [2.24, 2.45) is 0 Å². The third-order valence-corrected chi connectivity index (χ3v) is 2.49. The number of nitrogens with zero attached hydrogens (tertiary/aromatic N) is 1. The number of hydrogen-bond donors (Lipinski definition) is 1. The van der Waals surface area contributed by atoms with Gasteiger partial charge in [0.25, 0.3) is 0 Å². The van der Waals surface area contributed by atoms with Gasteiger partial charge < -0.3 is 5.32 Å². The van der Waals surface area contributed by atoms with Crippen LogP contribution in [0.15, 0.2) is 21.3 Å². The van der Waals surface area contributed by atoms with Crippen LogP contribution in [0.5, 0.6) is 0 Å². The van der Waals surface area contributed by atoms with E-state index in [2.05, 4.69) is 56.0 Å². The molecule has 0 bridgehead atoms. The van der Waals surface area contributed by atoms with Crippen molar-refractivity contribution in [3.63, 3.8) is 0 Å². The Morgan fingerprint density at radius 3 is 2.17 bits per heavy atom. The van der Waals surface area contributed by atoms with E-state index in [9.17, 15) is 0 Å². The Bertz CT molecular complexity index is 254. The van der Waals surface area contributed by atoms with Gasteiger partial charge in [0.15, 0.2) is 0 Å². The zero-order chi connectivity index (χ0) is 9.14. The lowest BCUT2D eigenvalue weighted by atomic mass is 10.3. The number of anilines is 1. The molecule has 1 aromatic rings. The Hall–Kier alpha value is -0.0900. The van der Waals surface area contributed by atoms with Crippen molar-refractivity contribution in [1.82, 2.24) is 4.98 Å². The van der Waals surface area contributed by atoms with Crippen LogP contribution >= 0.6 is 31.9 Å². The first kappa shape index (κ1) is 9.99. The Labute approximate surface area is 89.0 Å². The molecule has 0 fully saturated rings. The topological polar surface area (TPSA) is 24.9 Å². The van der Waals surface area contributed by atoms with E-state index in [1.54, 1.807) is 12.4 Å². The molecule has 2 nitrogen and oxygen atoms in total. The number of aromatic nitrogens is 1. The molecule has 0 saturated carbocycles. The number of nitrogens with one attached hydrogen (secondary N) is 1. The molecule has 1 N–H and O–H groups in total. The van der Waals surface area contributed by atoms with E-state index >= 15 is 0 Å². The molecule has 0 aromatic carbocycles. The molecule has 0 unspecified atom stereocenters. The van der Waals surface area contributed by atoms with Crippen LogP contribution in [0.25, 0.3) is 0 Å². The fourth-order valence-electron chi connectivity index (χ4n) is 0.838. The van der Waals surface area contributed by atoms with Gasteiger partial charge in [-0.3, -0.25) is 4.98 Å². The highest BCUT2D eigenvalue weighted by Crippen LogP contribution is 2.29. The Kier molecular flexibility index (Phi) is 3.53. The Balaban J connectivity index is 2.96. The molecule has 1 aromatic heterocycles. The Morgan fingerprint density at radius 1 is 1.25 bits per heavy atom. The molecule has 0 aliphatic carbocycles. The smallest absolute Gasteiger partial charge is 0.0662 e. The fourth-order valence-corrected chi connectivity index (χ4v) is 2.00. The lowest BCUT2D eigenvalue weighted by molar-refractivity contribution is 0.896. The number of pyridine rings is 1. The van der Waals surface area contributed by atoms with Crippen molar-refractivity contribution in [1.29, 1.82) is 0 Å². The molecule has 0 radical (unpaired) electrons. The maximum Gasteiger partial charge on any atom is 0.0662 e. The van der Waals surface area contributed by atoms with Gasteiger partial charge in [-0.2, -0.15) is 0 Å². The zero-order valence-electron chi connectivity index (χ0n) is 6.94. The van der Waals surface area contributed by atoms with Crippen molar-refractivity contribution in [2.45, 2.75) is 19.9 Å². The third kappa shape index (κ3) is 2.45. The second-order valence-corrected chi connectivity index (χ2v) is 4.49. The van der Waals surface area contributed by atoms with Crippen LogP contribution in [0.3, 0.4) is 0 Å². The van der Waals surface area contributed by atoms with E-state index in [4.69, 9.17) is 0 Å². The van der Waals surface area contributed by atoms with Crippen LogP contribution in [-0.4, -0.2) is 11.0 Å². The molecule has 1 heterocycles. The molecule has 4 heteroatoms. The number of rotatable bonds is 2. The van der Waals surface area contributed by atoms with Crippen molar-refractivity contribution in [3.8, 4) is 0 Å². The van der Waals surface area contributed by atoms with Crippen LogP contribution in [0.2, 0.25) is 0 Å². The van der Waals surface area contributed by atoms with Gasteiger partial charge in [-0.05, 0) is 45.7 Å². The first-order chi connectivity index (χ1) is 5.61. The standard InChI is InChI=1S/C8H10Br2N2/c1-5(2)12-8-6(9)3-11-4-7(8)10/h3-5H,1-2H3,(H,11,12). The molecule has 1 rings (SSSR count). The first-order valence-electron chi connectivity index (χ1n) is 3.67. The van der Waals surface area contributed by atoms with Gasteiger partial charge in [0.05, 0.1) is 14.6 Å². The van der Waals surface area contributed by atoms with Crippen molar-refractivity contribution in [3.05, 3.63) is 21.3 Å². The summed E-state index contributed by atoms with van der Waals surface area (Å²) in [5.41, 5.74) is 1.06. The molecular weight excluding hydrogens is 284 g/mol. The summed E-state index contributed by atoms with van der Waals surface area (Å²) in [6.07, 6.45) is 3.55. The van der Waals surface area contributed by atoms with E-state index in [-0.39, 0.29) is 0 Å². The summed E-state index contributed by atoms with van der Waals surface area (Å²) in [6, 6.07) is 0.417. The molecule has 12 heavy (non-hydrogen) atoms. The summed E-state index contributed by atoms with van der Waals surface area (Å²) in [4.78, 5) is 4.02. The van der Waals surface area contributed by atoms with Crippen LogP contribution < -0.4 is 5.32 Å². The summed E-state index contributed by atoms with van der Waals surface area (Å²) in [6.45, 7) is 4.19. The molecule has 66 valence electrons. The van der Waals surface area contributed by atoms with Crippen molar-refractivity contribution >= 4 is 37.5 Å². The van der Waals surface area contributed by atoms with Gasteiger partial charge in [0, 0.05) is 18.4 Å². The molecule has 0 spiro atoms. The second kappa shape index (κ2) is 4.23. The highest BCUT2D eigenvalue weighted by molar-refractivity contribution is 9.11. The monoisotopic (exact) mass is 292 g/mol. The number of hydrogen-bond acceptors (Lipinski definition) is 2.